The van der Waals surface area contributed by atoms with Gasteiger partial charge in [0.25, 0.3) is 0 Å². The van der Waals surface area contributed by atoms with Crippen LogP contribution in [-0.2, 0) is 9.53 Å². The highest BCUT2D eigenvalue weighted by atomic mass is 79.9. The van der Waals surface area contributed by atoms with E-state index in [1.54, 1.807) is 0 Å². The summed E-state index contributed by atoms with van der Waals surface area (Å²) in [6.45, 7) is -1.99. The SMILES string of the molecule is O=C(CBr)OC(F)(F)CF. The van der Waals surface area contributed by atoms with E-state index in [2.05, 4.69) is 20.7 Å². The number of halogens is 4. The molecule has 60 valence electrons. The molecular formula is C4H4BrF3O2. The van der Waals surface area contributed by atoms with Gasteiger partial charge in [-0.15, -0.1) is 0 Å². The number of carbonyl (C=O) groups is 1. The summed E-state index contributed by atoms with van der Waals surface area (Å²) in [5.74, 6) is -1.19. The first kappa shape index (κ1) is 9.74. The third-order valence-corrected chi connectivity index (χ3v) is 0.986. The van der Waals surface area contributed by atoms with Crippen molar-refractivity contribution in [2.45, 2.75) is 6.11 Å². The number of carbonyl (C=O) groups excluding carboxylic acids is 1. The van der Waals surface area contributed by atoms with Gasteiger partial charge in [-0.3, -0.25) is 4.79 Å². The van der Waals surface area contributed by atoms with Crippen molar-refractivity contribution in [3.63, 3.8) is 0 Å². The van der Waals surface area contributed by atoms with E-state index in [9.17, 15) is 18.0 Å². The molecule has 0 bridgehead atoms. The largest absolute Gasteiger partial charge is 0.429 e. The normalized spacial score (nSPS) is 11.2. The van der Waals surface area contributed by atoms with Crippen LogP contribution in [0.4, 0.5) is 13.2 Å². The molecule has 0 aliphatic carbocycles. The van der Waals surface area contributed by atoms with Gasteiger partial charge in [-0.1, -0.05) is 15.9 Å². The van der Waals surface area contributed by atoms with Gasteiger partial charge in [-0.25, -0.2) is 4.39 Å². The van der Waals surface area contributed by atoms with E-state index in [-0.39, 0.29) is 5.33 Å². The zero-order valence-corrected chi connectivity index (χ0v) is 6.33. The summed E-state index contributed by atoms with van der Waals surface area (Å²) in [4.78, 5) is 10.1. The summed E-state index contributed by atoms with van der Waals surface area (Å²) in [7, 11) is 0. The average molecular weight is 221 g/mol. The van der Waals surface area contributed by atoms with Crippen LogP contribution in [0.1, 0.15) is 0 Å². The second kappa shape index (κ2) is 3.80. The predicted molar refractivity (Wildman–Crippen MR) is 30.8 cm³/mol. The lowest BCUT2D eigenvalue weighted by Crippen LogP contribution is -2.27. The first-order chi connectivity index (χ1) is 4.52. The number of rotatable bonds is 3. The number of ether oxygens (including phenoxy) is 1. The van der Waals surface area contributed by atoms with Crippen LogP contribution in [0.2, 0.25) is 0 Å². The molecule has 6 heteroatoms. The van der Waals surface area contributed by atoms with Crippen molar-refractivity contribution in [1.29, 1.82) is 0 Å². The Bertz CT molecular complexity index is 128. The molecule has 0 heterocycles. The van der Waals surface area contributed by atoms with Crippen LogP contribution in [0.25, 0.3) is 0 Å². The van der Waals surface area contributed by atoms with Gasteiger partial charge in [0.05, 0.1) is 0 Å². The molecule has 0 aromatic rings. The lowest BCUT2D eigenvalue weighted by molar-refractivity contribution is -0.236. The fraction of sp³-hybridized carbons (Fsp3) is 0.750. The Kier molecular flexibility index (Phi) is 3.70. The number of esters is 1. The third kappa shape index (κ3) is 3.71. The van der Waals surface area contributed by atoms with Gasteiger partial charge < -0.3 is 4.74 Å². The molecule has 0 aromatic heterocycles. The molecular weight excluding hydrogens is 217 g/mol. The van der Waals surface area contributed by atoms with Gasteiger partial charge >= 0.3 is 12.1 Å². The van der Waals surface area contributed by atoms with Crippen LogP contribution in [0.5, 0.6) is 0 Å². The molecule has 10 heavy (non-hydrogen) atoms. The van der Waals surface area contributed by atoms with Crippen molar-refractivity contribution in [2.75, 3.05) is 12.0 Å². The van der Waals surface area contributed by atoms with Crippen LogP contribution in [-0.4, -0.2) is 24.1 Å². The zero-order chi connectivity index (χ0) is 8.20. The van der Waals surface area contributed by atoms with Gasteiger partial charge in [0.2, 0.25) is 0 Å². The fourth-order valence-corrected chi connectivity index (χ4v) is 0.336. The fourth-order valence-electron chi connectivity index (χ4n) is 0.221. The van der Waals surface area contributed by atoms with E-state index in [1.165, 1.54) is 0 Å². The summed E-state index contributed by atoms with van der Waals surface area (Å²) < 4.78 is 38.1. The minimum Gasteiger partial charge on any atom is -0.398 e. The second-order valence-electron chi connectivity index (χ2n) is 1.38. The minimum absolute atomic E-state index is 0.372. The zero-order valence-electron chi connectivity index (χ0n) is 4.74. The van der Waals surface area contributed by atoms with E-state index in [4.69, 9.17) is 0 Å². The average Bonchev–Trinajstić information content (AvgIpc) is 1.87. The molecule has 0 atom stereocenters. The highest BCUT2D eigenvalue weighted by molar-refractivity contribution is 9.09. The maximum Gasteiger partial charge on any atom is 0.429 e. The molecule has 0 saturated heterocycles. The highest BCUT2D eigenvalue weighted by Crippen LogP contribution is 2.15. The Hall–Kier alpha value is -0.260. The van der Waals surface area contributed by atoms with E-state index in [0.29, 0.717) is 0 Å². The number of hydrogen-bond acceptors (Lipinski definition) is 2. The summed E-state index contributed by atoms with van der Waals surface area (Å²) in [6, 6.07) is 0. The van der Waals surface area contributed by atoms with Crippen LogP contribution in [0.15, 0.2) is 0 Å². The third-order valence-electron chi connectivity index (χ3n) is 0.528. The van der Waals surface area contributed by atoms with Crippen molar-refractivity contribution in [2.24, 2.45) is 0 Å². The van der Waals surface area contributed by atoms with Crippen LogP contribution < -0.4 is 0 Å². The molecule has 0 aromatic carbocycles. The summed E-state index contributed by atoms with van der Waals surface area (Å²) in [6.07, 6.45) is -3.98. The van der Waals surface area contributed by atoms with Crippen molar-refractivity contribution in [1.82, 2.24) is 0 Å². The van der Waals surface area contributed by atoms with Crippen molar-refractivity contribution in [3.8, 4) is 0 Å². The summed E-state index contributed by atoms with van der Waals surface area (Å²) in [5, 5.41) is -0.372. The van der Waals surface area contributed by atoms with Gasteiger partial charge in [-0.05, 0) is 0 Å². The Balaban J connectivity index is 3.76. The lowest BCUT2D eigenvalue weighted by atomic mass is 10.7. The first-order valence-corrected chi connectivity index (χ1v) is 3.35. The van der Waals surface area contributed by atoms with Gasteiger partial charge in [-0.2, -0.15) is 8.78 Å². The minimum atomic E-state index is -3.98. The van der Waals surface area contributed by atoms with Gasteiger partial charge in [0, 0.05) is 0 Å². The number of hydrogen-bond donors (Lipinski definition) is 0. The monoisotopic (exact) mass is 220 g/mol. The molecule has 0 aliphatic rings. The predicted octanol–water partition coefficient (Wildman–Crippen LogP) is 1.49. The summed E-state index contributed by atoms with van der Waals surface area (Å²) in [5.41, 5.74) is 0. The van der Waals surface area contributed by atoms with E-state index in [0.717, 1.165) is 0 Å². The molecule has 0 N–H and O–H groups in total. The molecule has 0 saturated carbocycles. The van der Waals surface area contributed by atoms with E-state index >= 15 is 0 Å². The maximum absolute atomic E-state index is 11.8. The van der Waals surface area contributed by atoms with Gasteiger partial charge in [0.1, 0.15) is 5.33 Å². The molecule has 2 nitrogen and oxygen atoms in total. The molecule has 0 amide bonds. The molecule has 0 unspecified atom stereocenters. The smallest absolute Gasteiger partial charge is 0.398 e. The second-order valence-corrected chi connectivity index (χ2v) is 1.94. The molecule has 0 spiro atoms. The molecule has 0 fully saturated rings. The van der Waals surface area contributed by atoms with Crippen LogP contribution in [0.3, 0.4) is 0 Å². The van der Waals surface area contributed by atoms with E-state index < -0.39 is 18.8 Å². The van der Waals surface area contributed by atoms with E-state index in [1.807, 2.05) is 0 Å². The first-order valence-electron chi connectivity index (χ1n) is 2.23. The topological polar surface area (TPSA) is 26.3 Å². The number of alkyl halides is 4. The Morgan fingerprint density at radius 1 is 1.60 bits per heavy atom. The Labute approximate surface area is 63.5 Å². The van der Waals surface area contributed by atoms with Crippen molar-refractivity contribution < 1.29 is 22.7 Å². The van der Waals surface area contributed by atoms with Crippen LogP contribution in [0, 0.1) is 0 Å². The standard InChI is InChI=1S/C4H4BrF3O2/c5-1-3(9)10-4(7,8)2-6/h1-2H2. The van der Waals surface area contributed by atoms with Crippen molar-refractivity contribution in [3.05, 3.63) is 0 Å². The van der Waals surface area contributed by atoms with Gasteiger partial charge in [0.15, 0.2) is 6.67 Å². The van der Waals surface area contributed by atoms with Crippen molar-refractivity contribution >= 4 is 21.9 Å². The molecule has 0 rings (SSSR count). The lowest BCUT2D eigenvalue weighted by Gasteiger charge is -2.10. The highest BCUT2D eigenvalue weighted by Gasteiger charge is 2.33. The molecule has 0 aliphatic heterocycles. The quantitative estimate of drug-likeness (QED) is 0.533. The summed E-state index contributed by atoms with van der Waals surface area (Å²) >= 11 is 2.57. The Morgan fingerprint density at radius 2 is 2.10 bits per heavy atom. The Morgan fingerprint density at radius 3 is 2.40 bits per heavy atom. The maximum atomic E-state index is 11.8. The molecule has 0 radical (unpaired) electrons. The van der Waals surface area contributed by atoms with Crippen LogP contribution >= 0.6 is 15.9 Å².